The van der Waals surface area contributed by atoms with Crippen LogP contribution in [0.15, 0.2) is 24.3 Å². The molecule has 0 amide bonds. The van der Waals surface area contributed by atoms with Crippen molar-refractivity contribution in [3.8, 4) is 0 Å². The molecule has 1 aromatic carbocycles. The van der Waals surface area contributed by atoms with Crippen LogP contribution in [0.25, 0.3) is 0 Å². The van der Waals surface area contributed by atoms with Gasteiger partial charge in [0.1, 0.15) is 0 Å². The van der Waals surface area contributed by atoms with Gasteiger partial charge < -0.3 is 10.2 Å². The molecule has 0 unspecified atom stereocenters. The zero-order chi connectivity index (χ0) is 11.4. The van der Waals surface area contributed by atoms with Gasteiger partial charge in [0.15, 0.2) is 0 Å². The van der Waals surface area contributed by atoms with Gasteiger partial charge in [-0.25, -0.2) is 0 Å². The number of benzene rings is 1. The van der Waals surface area contributed by atoms with Crippen molar-refractivity contribution < 1.29 is 10.2 Å². The Morgan fingerprint density at radius 3 is 1.94 bits per heavy atom. The summed E-state index contributed by atoms with van der Waals surface area (Å²) in [5, 5.41) is 18.1. The van der Waals surface area contributed by atoms with Gasteiger partial charge in [-0.1, -0.05) is 24.3 Å². The molecular weight excluding hydrogens is 200 g/mol. The van der Waals surface area contributed by atoms with E-state index in [1.807, 2.05) is 37.1 Å². The van der Waals surface area contributed by atoms with Crippen LogP contribution in [0.5, 0.6) is 0 Å². The van der Waals surface area contributed by atoms with E-state index >= 15 is 0 Å². The first-order valence-electron chi connectivity index (χ1n) is 5.39. The standard InChI is InChI=1S/C14H15O2/c15-9-14(10-16)13-7-5-12(6-8-13)11-3-1-2-4-11/h1-8,14-16H,9-10H2. The van der Waals surface area contributed by atoms with E-state index in [9.17, 15) is 0 Å². The number of hydrogen-bond donors (Lipinski definition) is 2. The van der Waals surface area contributed by atoms with E-state index in [4.69, 9.17) is 10.2 Å². The maximum absolute atomic E-state index is 9.07. The summed E-state index contributed by atoms with van der Waals surface area (Å²) < 4.78 is 0. The summed E-state index contributed by atoms with van der Waals surface area (Å²) >= 11 is 0. The van der Waals surface area contributed by atoms with Gasteiger partial charge in [-0.3, -0.25) is 0 Å². The third-order valence-electron chi connectivity index (χ3n) is 2.82. The van der Waals surface area contributed by atoms with Gasteiger partial charge in [0.05, 0.1) is 13.2 Å². The molecule has 0 aromatic heterocycles. The fourth-order valence-corrected chi connectivity index (χ4v) is 1.78. The van der Waals surface area contributed by atoms with Crippen molar-refractivity contribution in [2.75, 3.05) is 13.2 Å². The molecule has 0 heterocycles. The van der Waals surface area contributed by atoms with Crippen LogP contribution in [-0.4, -0.2) is 23.4 Å². The lowest BCUT2D eigenvalue weighted by atomic mass is 9.93. The second kappa shape index (κ2) is 5.46. The van der Waals surface area contributed by atoms with Crippen molar-refractivity contribution in [2.45, 2.75) is 5.92 Å². The Morgan fingerprint density at radius 1 is 0.875 bits per heavy atom. The lowest BCUT2D eigenvalue weighted by Crippen LogP contribution is -2.08. The third-order valence-corrected chi connectivity index (χ3v) is 2.82. The van der Waals surface area contributed by atoms with Crippen molar-refractivity contribution in [1.29, 1.82) is 0 Å². The van der Waals surface area contributed by atoms with Crippen molar-refractivity contribution in [3.63, 3.8) is 0 Å². The maximum Gasteiger partial charge on any atom is 0.0521 e. The first-order chi connectivity index (χ1) is 7.85. The average Bonchev–Trinajstić information content (AvgIpc) is 2.85. The Balaban J connectivity index is 2.09. The highest BCUT2D eigenvalue weighted by molar-refractivity contribution is 5.50. The Bertz CT molecular complexity index is 287. The fraction of sp³-hybridized carbons (Fsp3) is 0.214. The predicted molar refractivity (Wildman–Crippen MR) is 62.9 cm³/mol. The van der Waals surface area contributed by atoms with E-state index in [1.165, 1.54) is 5.92 Å². The SMILES string of the molecule is OCC(CO)c1ccc([C]2[CH][CH][CH][CH]2)cc1. The van der Waals surface area contributed by atoms with Crippen LogP contribution in [-0.2, 0) is 0 Å². The molecule has 16 heavy (non-hydrogen) atoms. The van der Waals surface area contributed by atoms with Gasteiger partial charge in [0.2, 0.25) is 0 Å². The number of aliphatic hydroxyl groups is 2. The van der Waals surface area contributed by atoms with Gasteiger partial charge in [-0.2, -0.15) is 0 Å². The summed E-state index contributed by atoms with van der Waals surface area (Å²) in [7, 11) is 0. The quantitative estimate of drug-likeness (QED) is 0.799. The molecule has 2 N–H and O–H groups in total. The monoisotopic (exact) mass is 215 g/mol. The number of hydrogen-bond acceptors (Lipinski definition) is 2. The Kier molecular flexibility index (Phi) is 3.97. The minimum Gasteiger partial charge on any atom is -0.396 e. The van der Waals surface area contributed by atoms with Crippen molar-refractivity contribution in [3.05, 3.63) is 67.0 Å². The molecule has 2 heteroatoms. The van der Waals surface area contributed by atoms with Crippen LogP contribution < -0.4 is 0 Å². The molecule has 1 saturated carbocycles. The predicted octanol–water partition coefficient (Wildman–Crippen LogP) is 1.51. The minimum atomic E-state index is -0.172. The van der Waals surface area contributed by atoms with Crippen LogP contribution in [0.3, 0.4) is 0 Å². The highest BCUT2D eigenvalue weighted by Crippen LogP contribution is 2.30. The van der Waals surface area contributed by atoms with Gasteiger partial charge in [0, 0.05) is 11.8 Å². The van der Waals surface area contributed by atoms with E-state index in [-0.39, 0.29) is 19.1 Å². The molecule has 5 radical (unpaired) electrons. The summed E-state index contributed by atoms with van der Waals surface area (Å²) in [6, 6.07) is 7.95. The van der Waals surface area contributed by atoms with Crippen molar-refractivity contribution >= 4 is 0 Å². The number of aliphatic hydroxyl groups excluding tert-OH is 2. The molecule has 2 nitrogen and oxygen atoms in total. The van der Waals surface area contributed by atoms with Crippen LogP contribution in [0.4, 0.5) is 0 Å². The molecule has 1 aromatic rings. The smallest absolute Gasteiger partial charge is 0.0521 e. The van der Waals surface area contributed by atoms with Gasteiger partial charge >= 0.3 is 0 Å². The fourth-order valence-electron chi connectivity index (χ4n) is 1.78. The normalized spacial score (nSPS) is 17.2. The van der Waals surface area contributed by atoms with Crippen LogP contribution in [0.1, 0.15) is 17.0 Å². The molecule has 0 spiro atoms. The summed E-state index contributed by atoms with van der Waals surface area (Å²) in [5.74, 6) is 1.02. The molecule has 1 fully saturated rings. The Hall–Kier alpha value is -0.860. The molecule has 2 rings (SSSR count). The molecule has 0 bridgehead atoms. The van der Waals surface area contributed by atoms with E-state index in [1.54, 1.807) is 0 Å². The average molecular weight is 215 g/mol. The summed E-state index contributed by atoms with van der Waals surface area (Å²) in [6.45, 7) is -0.0432. The Labute approximate surface area is 96.9 Å². The van der Waals surface area contributed by atoms with E-state index < -0.39 is 0 Å². The van der Waals surface area contributed by atoms with Crippen LogP contribution in [0.2, 0.25) is 0 Å². The molecule has 83 valence electrons. The maximum atomic E-state index is 9.07. The van der Waals surface area contributed by atoms with Crippen molar-refractivity contribution in [2.24, 2.45) is 0 Å². The second-order valence-corrected chi connectivity index (χ2v) is 3.86. The van der Waals surface area contributed by atoms with Gasteiger partial charge in [-0.15, -0.1) is 0 Å². The van der Waals surface area contributed by atoms with Gasteiger partial charge in [0.25, 0.3) is 0 Å². The summed E-state index contributed by atoms with van der Waals surface area (Å²) in [6.07, 6.45) is 8.14. The minimum absolute atomic E-state index is 0.0216. The summed E-state index contributed by atoms with van der Waals surface area (Å²) in [5.41, 5.74) is 2.13. The highest BCUT2D eigenvalue weighted by atomic mass is 16.3. The molecule has 0 atom stereocenters. The lowest BCUT2D eigenvalue weighted by Gasteiger charge is -2.13. The molecule has 0 aliphatic heterocycles. The molecule has 1 aliphatic carbocycles. The molecule has 0 saturated heterocycles. The van der Waals surface area contributed by atoms with E-state index in [0.29, 0.717) is 0 Å². The molecule has 1 aliphatic rings. The molecular formula is C14H15O2. The Morgan fingerprint density at radius 2 is 1.44 bits per heavy atom. The van der Waals surface area contributed by atoms with Crippen LogP contribution in [0, 0.1) is 31.6 Å². The van der Waals surface area contributed by atoms with E-state index in [2.05, 4.69) is 12.8 Å². The van der Waals surface area contributed by atoms with Gasteiger partial charge in [-0.05, 0) is 36.8 Å². The lowest BCUT2D eigenvalue weighted by molar-refractivity contribution is 0.192. The zero-order valence-electron chi connectivity index (χ0n) is 9.00. The zero-order valence-corrected chi connectivity index (χ0v) is 9.00. The first-order valence-corrected chi connectivity index (χ1v) is 5.39. The largest absolute Gasteiger partial charge is 0.396 e. The van der Waals surface area contributed by atoms with Crippen molar-refractivity contribution in [1.82, 2.24) is 0 Å². The number of rotatable bonds is 4. The summed E-state index contributed by atoms with van der Waals surface area (Å²) in [4.78, 5) is 0. The van der Waals surface area contributed by atoms with E-state index in [0.717, 1.165) is 11.1 Å². The topological polar surface area (TPSA) is 40.5 Å². The van der Waals surface area contributed by atoms with Crippen LogP contribution >= 0.6 is 0 Å². The first kappa shape index (κ1) is 11.6. The highest BCUT2D eigenvalue weighted by Gasteiger charge is 2.19. The third kappa shape index (κ3) is 2.45. The second-order valence-electron chi connectivity index (χ2n) is 3.86.